The standard InChI is InChI=1S/C15H18N6/c1-9(2)10-5-4-6-11(7-10)18-13-12-8-17-21-14(12)20-15(16-3)19-13/h4-9H,1-3H3,(H3,16,17,18,19,20,21). The molecule has 0 aliphatic heterocycles. The normalized spacial score (nSPS) is 11.0. The maximum Gasteiger partial charge on any atom is 0.226 e. The molecule has 2 aromatic heterocycles. The number of H-pyrrole nitrogens is 1. The minimum Gasteiger partial charge on any atom is -0.357 e. The zero-order valence-corrected chi connectivity index (χ0v) is 12.3. The van der Waals surface area contributed by atoms with E-state index in [2.05, 4.69) is 56.8 Å². The van der Waals surface area contributed by atoms with Crippen LogP contribution in [0.4, 0.5) is 17.5 Å². The first-order valence-electron chi connectivity index (χ1n) is 6.93. The molecule has 1 aromatic carbocycles. The number of hydrogen-bond acceptors (Lipinski definition) is 5. The van der Waals surface area contributed by atoms with Crippen molar-refractivity contribution >= 4 is 28.5 Å². The molecule has 0 spiro atoms. The van der Waals surface area contributed by atoms with Crippen LogP contribution in [-0.4, -0.2) is 27.2 Å². The number of fused-ring (bicyclic) bond motifs is 1. The van der Waals surface area contributed by atoms with E-state index in [1.54, 1.807) is 13.2 Å². The molecule has 0 amide bonds. The van der Waals surface area contributed by atoms with Crippen molar-refractivity contribution in [2.24, 2.45) is 0 Å². The van der Waals surface area contributed by atoms with Crippen molar-refractivity contribution in [1.29, 1.82) is 0 Å². The number of benzene rings is 1. The van der Waals surface area contributed by atoms with E-state index in [0.717, 1.165) is 16.9 Å². The van der Waals surface area contributed by atoms with E-state index in [9.17, 15) is 0 Å². The number of nitrogens with zero attached hydrogens (tertiary/aromatic N) is 3. The number of anilines is 3. The van der Waals surface area contributed by atoms with Crippen LogP contribution in [-0.2, 0) is 0 Å². The first kappa shape index (κ1) is 13.4. The molecule has 0 fully saturated rings. The largest absolute Gasteiger partial charge is 0.357 e. The van der Waals surface area contributed by atoms with E-state index in [1.165, 1.54) is 5.56 Å². The summed E-state index contributed by atoms with van der Waals surface area (Å²) in [5.74, 6) is 1.77. The Morgan fingerprint density at radius 3 is 2.81 bits per heavy atom. The highest BCUT2D eigenvalue weighted by atomic mass is 15.2. The first-order chi connectivity index (χ1) is 10.2. The highest BCUT2D eigenvalue weighted by molar-refractivity contribution is 5.89. The van der Waals surface area contributed by atoms with E-state index in [4.69, 9.17) is 0 Å². The molecule has 0 atom stereocenters. The highest BCUT2D eigenvalue weighted by Crippen LogP contribution is 2.25. The Balaban J connectivity index is 2.01. The second-order valence-electron chi connectivity index (χ2n) is 5.18. The summed E-state index contributed by atoms with van der Waals surface area (Å²) in [5.41, 5.74) is 2.99. The monoisotopic (exact) mass is 282 g/mol. The van der Waals surface area contributed by atoms with Gasteiger partial charge in [0.15, 0.2) is 5.65 Å². The van der Waals surface area contributed by atoms with Crippen molar-refractivity contribution in [1.82, 2.24) is 20.2 Å². The lowest BCUT2D eigenvalue weighted by molar-refractivity contribution is 0.867. The molecule has 6 heteroatoms. The minimum absolute atomic E-state index is 0.485. The van der Waals surface area contributed by atoms with Gasteiger partial charge < -0.3 is 10.6 Å². The van der Waals surface area contributed by atoms with E-state index in [0.29, 0.717) is 17.5 Å². The molecule has 0 bridgehead atoms. The summed E-state index contributed by atoms with van der Waals surface area (Å²) in [6, 6.07) is 8.34. The number of hydrogen-bond donors (Lipinski definition) is 3. The SMILES string of the molecule is CNc1nc(Nc2cccc(C(C)C)c2)c2cn[nH]c2n1. The molecule has 3 rings (SSSR count). The van der Waals surface area contributed by atoms with Crippen LogP contribution in [0.1, 0.15) is 25.3 Å². The van der Waals surface area contributed by atoms with Crippen molar-refractivity contribution in [3.63, 3.8) is 0 Å². The molecule has 0 unspecified atom stereocenters. The van der Waals surface area contributed by atoms with Gasteiger partial charge in [-0.05, 0) is 23.6 Å². The van der Waals surface area contributed by atoms with Crippen LogP contribution < -0.4 is 10.6 Å². The zero-order valence-electron chi connectivity index (χ0n) is 12.3. The third-order valence-electron chi connectivity index (χ3n) is 3.35. The Kier molecular flexibility index (Phi) is 3.43. The van der Waals surface area contributed by atoms with Crippen molar-refractivity contribution in [3.8, 4) is 0 Å². The van der Waals surface area contributed by atoms with Gasteiger partial charge in [0.25, 0.3) is 0 Å². The molecule has 0 saturated heterocycles. The lowest BCUT2D eigenvalue weighted by Gasteiger charge is -2.11. The van der Waals surface area contributed by atoms with Crippen LogP contribution >= 0.6 is 0 Å². The van der Waals surface area contributed by atoms with Gasteiger partial charge >= 0.3 is 0 Å². The molecular weight excluding hydrogens is 264 g/mol. The Labute approximate surface area is 123 Å². The molecule has 0 aliphatic carbocycles. The second-order valence-corrected chi connectivity index (χ2v) is 5.18. The lowest BCUT2D eigenvalue weighted by atomic mass is 10.0. The van der Waals surface area contributed by atoms with E-state index in [-0.39, 0.29) is 0 Å². The minimum atomic E-state index is 0.485. The third kappa shape index (κ3) is 2.65. The van der Waals surface area contributed by atoms with Gasteiger partial charge in [-0.15, -0.1) is 0 Å². The van der Waals surface area contributed by atoms with Gasteiger partial charge in [0.05, 0.1) is 11.6 Å². The number of aromatic nitrogens is 4. The Bertz CT molecular complexity index is 762. The predicted molar refractivity (Wildman–Crippen MR) is 85.0 cm³/mol. The third-order valence-corrected chi connectivity index (χ3v) is 3.35. The fourth-order valence-corrected chi connectivity index (χ4v) is 2.15. The molecular formula is C15H18N6. The van der Waals surface area contributed by atoms with Crippen LogP contribution in [0.15, 0.2) is 30.5 Å². The topological polar surface area (TPSA) is 78.5 Å². The van der Waals surface area contributed by atoms with Crippen molar-refractivity contribution in [2.75, 3.05) is 17.7 Å². The van der Waals surface area contributed by atoms with Gasteiger partial charge in [0, 0.05) is 12.7 Å². The summed E-state index contributed by atoms with van der Waals surface area (Å²) in [5, 5.41) is 14.1. The molecule has 2 heterocycles. The lowest BCUT2D eigenvalue weighted by Crippen LogP contribution is -2.01. The summed E-state index contributed by atoms with van der Waals surface area (Å²) >= 11 is 0. The smallest absolute Gasteiger partial charge is 0.226 e. The fraction of sp³-hybridized carbons (Fsp3) is 0.267. The van der Waals surface area contributed by atoms with Crippen LogP contribution in [0.5, 0.6) is 0 Å². The van der Waals surface area contributed by atoms with Crippen LogP contribution in [0.2, 0.25) is 0 Å². The second kappa shape index (κ2) is 5.40. The molecule has 3 aromatic rings. The van der Waals surface area contributed by atoms with Gasteiger partial charge in [0.2, 0.25) is 5.95 Å². The molecule has 0 aliphatic rings. The van der Waals surface area contributed by atoms with Gasteiger partial charge in [-0.1, -0.05) is 26.0 Å². The summed E-state index contributed by atoms with van der Waals surface area (Å²) in [6.45, 7) is 4.36. The number of rotatable bonds is 4. The van der Waals surface area contributed by atoms with E-state index >= 15 is 0 Å². The summed E-state index contributed by atoms with van der Waals surface area (Å²) < 4.78 is 0. The summed E-state index contributed by atoms with van der Waals surface area (Å²) in [4.78, 5) is 8.79. The number of aromatic amines is 1. The van der Waals surface area contributed by atoms with Crippen LogP contribution in [0.25, 0.3) is 11.0 Å². The zero-order chi connectivity index (χ0) is 14.8. The van der Waals surface area contributed by atoms with E-state index < -0.39 is 0 Å². The van der Waals surface area contributed by atoms with Crippen LogP contribution in [0.3, 0.4) is 0 Å². The molecule has 6 nitrogen and oxygen atoms in total. The predicted octanol–water partition coefficient (Wildman–Crippen LogP) is 3.26. The summed E-state index contributed by atoms with van der Waals surface area (Å²) in [7, 11) is 1.79. The average Bonchev–Trinajstić information content (AvgIpc) is 2.96. The molecule has 0 saturated carbocycles. The van der Waals surface area contributed by atoms with Gasteiger partial charge in [-0.2, -0.15) is 15.1 Å². The number of nitrogens with one attached hydrogen (secondary N) is 3. The highest BCUT2D eigenvalue weighted by Gasteiger charge is 2.09. The fourth-order valence-electron chi connectivity index (χ4n) is 2.15. The Morgan fingerprint density at radius 1 is 1.19 bits per heavy atom. The molecule has 108 valence electrons. The summed E-state index contributed by atoms with van der Waals surface area (Å²) in [6.07, 6.45) is 1.73. The quantitative estimate of drug-likeness (QED) is 0.684. The van der Waals surface area contributed by atoms with Gasteiger partial charge in [0.1, 0.15) is 5.82 Å². The maximum atomic E-state index is 4.47. The Morgan fingerprint density at radius 2 is 2.05 bits per heavy atom. The molecule has 3 N–H and O–H groups in total. The average molecular weight is 282 g/mol. The first-order valence-corrected chi connectivity index (χ1v) is 6.93. The Hall–Kier alpha value is -2.63. The van der Waals surface area contributed by atoms with Crippen LogP contribution in [0, 0.1) is 0 Å². The van der Waals surface area contributed by atoms with Crippen molar-refractivity contribution in [3.05, 3.63) is 36.0 Å². The van der Waals surface area contributed by atoms with E-state index in [1.807, 2.05) is 12.1 Å². The van der Waals surface area contributed by atoms with Gasteiger partial charge in [-0.25, -0.2) is 0 Å². The van der Waals surface area contributed by atoms with Crippen molar-refractivity contribution in [2.45, 2.75) is 19.8 Å². The van der Waals surface area contributed by atoms with Gasteiger partial charge in [-0.3, -0.25) is 5.10 Å². The molecule has 0 radical (unpaired) electrons. The molecule has 21 heavy (non-hydrogen) atoms. The maximum absolute atomic E-state index is 4.47. The van der Waals surface area contributed by atoms with Crippen molar-refractivity contribution < 1.29 is 0 Å².